The molecular formula is C13H16N2S2. The Morgan fingerprint density at radius 2 is 2.47 bits per heavy atom. The van der Waals surface area contributed by atoms with E-state index in [0.717, 1.165) is 25.0 Å². The monoisotopic (exact) mass is 264 g/mol. The van der Waals surface area contributed by atoms with Crippen LogP contribution < -0.4 is 5.32 Å². The molecule has 1 fully saturated rings. The molecule has 17 heavy (non-hydrogen) atoms. The number of aromatic nitrogens is 1. The second kappa shape index (κ2) is 4.96. The van der Waals surface area contributed by atoms with E-state index < -0.39 is 0 Å². The quantitative estimate of drug-likeness (QED) is 0.920. The molecule has 2 aromatic rings. The minimum absolute atomic E-state index is 0.709. The lowest BCUT2D eigenvalue weighted by Gasteiger charge is -2.02. The minimum atomic E-state index is 0.709. The number of hydrogen-bond donors (Lipinski definition) is 1. The molecule has 0 spiro atoms. The molecule has 2 heterocycles. The van der Waals surface area contributed by atoms with Crippen LogP contribution in [0.15, 0.2) is 22.5 Å². The van der Waals surface area contributed by atoms with Crippen molar-refractivity contribution in [2.75, 3.05) is 13.1 Å². The predicted octanol–water partition coefficient (Wildman–Crippen LogP) is 3.31. The van der Waals surface area contributed by atoms with Crippen molar-refractivity contribution in [3.63, 3.8) is 0 Å². The van der Waals surface area contributed by atoms with Crippen LogP contribution in [0, 0.1) is 0 Å². The molecule has 0 amide bonds. The molecule has 1 saturated heterocycles. The number of benzene rings is 1. The number of thioether (sulfide) groups is 1. The second-order valence-corrected chi connectivity index (χ2v) is 6.95. The van der Waals surface area contributed by atoms with Gasteiger partial charge in [-0.1, -0.05) is 24.8 Å². The third-order valence-corrected chi connectivity index (χ3v) is 5.50. The Labute approximate surface area is 110 Å². The minimum Gasteiger partial charge on any atom is -0.316 e. The highest BCUT2D eigenvalue weighted by Gasteiger charge is 2.17. The molecule has 0 bridgehead atoms. The van der Waals surface area contributed by atoms with Crippen LogP contribution in [0.5, 0.6) is 0 Å². The van der Waals surface area contributed by atoms with Gasteiger partial charge in [-0.2, -0.15) is 0 Å². The molecule has 1 unspecified atom stereocenters. The summed E-state index contributed by atoms with van der Waals surface area (Å²) in [6, 6.07) is 6.62. The maximum Gasteiger partial charge on any atom is 0.151 e. The highest BCUT2D eigenvalue weighted by Crippen LogP contribution is 2.34. The van der Waals surface area contributed by atoms with Gasteiger partial charge < -0.3 is 5.32 Å². The lowest BCUT2D eigenvalue weighted by atomic mass is 10.2. The highest BCUT2D eigenvalue weighted by atomic mass is 32.2. The molecule has 1 aliphatic heterocycles. The van der Waals surface area contributed by atoms with E-state index in [0.29, 0.717) is 5.25 Å². The fraction of sp³-hybridized carbons (Fsp3) is 0.462. The number of thiazole rings is 1. The van der Waals surface area contributed by atoms with Crippen LogP contribution in [-0.4, -0.2) is 23.3 Å². The van der Waals surface area contributed by atoms with E-state index in [1.165, 1.54) is 21.0 Å². The van der Waals surface area contributed by atoms with Crippen LogP contribution in [0.3, 0.4) is 0 Å². The zero-order valence-corrected chi connectivity index (χ0v) is 11.5. The summed E-state index contributed by atoms with van der Waals surface area (Å²) >= 11 is 3.77. The van der Waals surface area contributed by atoms with E-state index in [-0.39, 0.29) is 0 Å². The van der Waals surface area contributed by atoms with E-state index in [1.807, 2.05) is 23.1 Å². The van der Waals surface area contributed by atoms with Crippen LogP contribution in [0.2, 0.25) is 0 Å². The average molecular weight is 264 g/mol. The van der Waals surface area contributed by atoms with Crippen molar-refractivity contribution < 1.29 is 0 Å². The first-order valence-corrected chi connectivity index (χ1v) is 7.81. The lowest BCUT2D eigenvalue weighted by Crippen LogP contribution is -2.09. The number of nitrogens with zero attached hydrogens (tertiary/aromatic N) is 1. The van der Waals surface area contributed by atoms with Crippen LogP contribution >= 0.6 is 23.1 Å². The second-order valence-electron chi connectivity index (χ2n) is 4.37. The van der Waals surface area contributed by atoms with Crippen LogP contribution in [0.1, 0.15) is 18.9 Å². The summed E-state index contributed by atoms with van der Waals surface area (Å²) in [6.45, 7) is 4.48. The fourth-order valence-electron chi connectivity index (χ4n) is 2.09. The van der Waals surface area contributed by atoms with E-state index in [4.69, 9.17) is 4.98 Å². The standard InChI is InChI=1S/C13H16N2S2/c1-2-9-3-4-11-12(7-9)17-13(15-11)16-10-5-6-14-8-10/h3-4,7,10,14H,2,5-6,8H2,1H3. The SMILES string of the molecule is CCc1ccc2nc(SC3CCNC3)sc2c1. The predicted molar refractivity (Wildman–Crippen MR) is 76.1 cm³/mol. The summed E-state index contributed by atoms with van der Waals surface area (Å²) in [4.78, 5) is 4.71. The number of fused-ring (bicyclic) bond motifs is 1. The maximum absolute atomic E-state index is 4.71. The highest BCUT2D eigenvalue weighted by molar-refractivity contribution is 8.01. The van der Waals surface area contributed by atoms with Crippen LogP contribution in [0.25, 0.3) is 10.2 Å². The molecule has 0 aliphatic carbocycles. The number of aryl methyl sites for hydroxylation is 1. The Kier molecular flexibility index (Phi) is 3.36. The Morgan fingerprint density at radius 1 is 1.53 bits per heavy atom. The molecule has 0 saturated carbocycles. The summed E-state index contributed by atoms with van der Waals surface area (Å²) in [5, 5.41) is 4.11. The van der Waals surface area contributed by atoms with Gasteiger partial charge in [-0.3, -0.25) is 0 Å². The van der Waals surface area contributed by atoms with Crippen molar-refractivity contribution in [3.8, 4) is 0 Å². The van der Waals surface area contributed by atoms with Crippen molar-refractivity contribution in [1.29, 1.82) is 0 Å². The Morgan fingerprint density at radius 3 is 3.24 bits per heavy atom. The molecule has 90 valence electrons. The van der Waals surface area contributed by atoms with Gasteiger partial charge in [-0.15, -0.1) is 11.3 Å². The smallest absolute Gasteiger partial charge is 0.151 e. The van der Waals surface area contributed by atoms with Gasteiger partial charge in [-0.05, 0) is 37.1 Å². The zero-order chi connectivity index (χ0) is 11.7. The molecule has 0 radical (unpaired) electrons. The van der Waals surface area contributed by atoms with Gasteiger partial charge in [0.25, 0.3) is 0 Å². The molecule has 4 heteroatoms. The van der Waals surface area contributed by atoms with Gasteiger partial charge in [0, 0.05) is 11.8 Å². The van der Waals surface area contributed by atoms with Crippen molar-refractivity contribution >= 4 is 33.3 Å². The van der Waals surface area contributed by atoms with E-state index >= 15 is 0 Å². The third-order valence-electron chi connectivity index (χ3n) is 3.12. The topological polar surface area (TPSA) is 24.9 Å². The fourth-order valence-corrected chi connectivity index (χ4v) is 4.59. The van der Waals surface area contributed by atoms with Gasteiger partial charge in [0.15, 0.2) is 4.34 Å². The number of nitrogens with one attached hydrogen (secondary N) is 1. The van der Waals surface area contributed by atoms with Gasteiger partial charge in [0.2, 0.25) is 0 Å². The van der Waals surface area contributed by atoms with Crippen LogP contribution in [-0.2, 0) is 6.42 Å². The summed E-state index contributed by atoms with van der Waals surface area (Å²) in [5.41, 5.74) is 2.56. The number of hydrogen-bond acceptors (Lipinski definition) is 4. The summed E-state index contributed by atoms with van der Waals surface area (Å²) in [5.74, 6) is 0. The Bertz CT molecular complexity index is 515. The van der Waals surface area contributed by atoms with Gasteiger partial charge >= 0.3 is 0 Å². The average Bonchev–Trinajstić information content (AvgIpc) is 2.96. The normalized spacial score (nSPS) is 20.2. The molecule has 2 nitrogen and oxygen atoms in total. The van der Waals surface area contributed by atoms with Crippen molar-refractivity contribution in [3.05, 3.63) is 23.8 Å². The van der Waals surface area contributed by atoms with Crippen molar-refractivity contribution in [1.82, 2.24) is 10.3 Å². The van der Waals surface area contributed by atoms with Crippen molar-refractivity contribution in [2.45, 2.75) is 29.4 Å². The molecule has 1 aromatic heterocycles. The summed E-state index contributed by atoms with van der Waals surface area (Å²) < 4.78 is 2.56. The van der Waals surface area contributed by atoms with E-state index in [2.05, 4.69) is 30.4 Å². The third kappa shape index (κ3) is 2.49. The van der Waals surface area contributed by atoms with E-state index in [1.54, 1.807) is 0 Å². The van der Waals surface area contributed by atoms with Gasteiger partial charge in [0.05, 0.1) is 10.2 Å². The van der Waals surface area contributed by atoms with E-state index in [9.17, 15) is 0 Å². The molecule has 1 N–H and O–H groups in total. The first kappa shape index (κ1) is 11.5. The lowest BCUT2D eigenvalue weighted by molar-refractivity contribution is 0.858. The first-order chi connectivity index (χ1) is 8.35. The van der Waals surface area contributed by atoms with Crippen LogP contribution in [0.4, 0.5) is 0 Å². The maximum atomic E-state index is 4.71. The Balaban J connectivity index is 1.85. The summed E-state index contributed by atoms with van der Waals surface area (Å²) in [6.07, 6.45) is 2.36. The molecule has 3 rings (SSSR count). The first-order valence-electron chi connectivity index (χ1n) is 6.12. The zero-order valence-electron chi connectivity index (χ0n) is 9.90. The molecule has 1 aromatic carbocycles. The number of rotatable bonds is 3. The van der Waals surface area contributed by atoms with Gasteiger partial charge in [0.1, 0.15) is 0 Å². The molecule has 1 atom stereocenters. The van der Waals surface area contributed by atoms with Gasteiger partial charge in [-0.25, -0.2) is 4.98 Å². The Hall–Kier alpha value is -0.580. The van der Waals surface area contributed by atoms with Crippen molar-refractivity contribution in [2.24, 2.45) is 0 Å². The largest absolute Gasteiger partial charge is 0.316 e. The molecule has 1 aliphatic rings. The molecular weight excluding hydrogens is 248 g/mol. The summed E-state index contributed by atoms with van der Waals surface area (Å²) in [7, 11) is 0.